The predicted octanol–water partition coefficient (Wildman–Crippen LogP) is 3.22. The van der Waals surface area contributed by atoms with E-state index >= 15 is 0 Å². The number of amides is 1. The molecule has 3 rings (SSSR count). The van der Waals surface area contributed by atoms with Gasteiger partial charge in [0.05, 0.1) is 10.9 Å². The van der Waals surface area contributed by atoms with Crippen LogP contribution in [0.5, 0.6) is 0 Å². The number of halogens is 1. The van der Waals surface area contributed by atoms with Crippen LogP contribution in [0.25, 0.3) is 5.69 Å². The van der Waals surface area contributed by atoms with Crippen LogP contribution in [-0.4, -0.2) is 31.4 Å². The smallest absolute Gasteiger partial charge is 0.233 e. The lowest BCUT2D eigenvalue weighted by molar-refractivity contribution is -0.120. The topological polar surface area (TPSA) is 72.7 Å². The van der Waals surface area contributed by atoms with Gasteiger partial charge >= 0.3 is 0 Å². The first kappa shape index (κ1) is 19.0. The molecule has 0 aliphatic heterocycles. The minimum absolute atomic E-state index is 0.139. The molecule has 1 atom stereocenters. The molecule has 0 saturated heterocycles. The van der Waals surface area contributed by atoms with Gasteiger partial charge in [-0.05, 0) is 60.5 Å². The van der Waals surface area contributed by atoms with Crippen molar-refractivity contribution >= 4 is 17.7 Å². The Balaban J connectivity index is 1.66. The molecule has 1 aromatic heterocycles. The molecule has 0 fully saturated rings. The second kappa shape index (κ2) is 8.30. The number of tetrazole rings is 1. The number of hydrogen-bond acceptors (Lipinski definition) is 5. The van der Waals surface area contributed by atoms with Crippen molar-refractivity contribution in [2.45, 2.75) is 37.7 Å². The van der Waals surface area contributed by atoms with Gasteiger partial charge in [0.15, 0.2) is 0 Å². The van der Waals surface area contributed by atoms with Crippen molar-refractivity contribution in [2.24, 2.45) is 0 Å². The third-order valence-electron chi connectivity index (χ3n) is 4.05. The highest BCUT2D eigenvalue weighted by molar-refractivity contribution is 8.00. The van der Waals surface area contributed by atoms with Crippen LogP contribution in [0.2, 0.25) is 0 Å². The van der Waals surface area contributed by atoms with Crippen LogP contribution in [0, 0.1) is 19.7 Å². The Bertz CT molecular complexity index is 942. The first-order chi connectivity index (χ1) is 12.9. The molecule has 1 heterocycles. The Morgan fingerprint density at radius 1 is 1.22 bits per heavy atom. The van der Waals surface area contributed by atoms with E-state index < -0.39 is 0 Å². The van der Waals surface area contributed by atoms with Crippen molar-refractivity contribution in [3.8, 4) is 5.69 Å². The van der Waals surface area contributed by atoms with E-state index in [1.54, 1.807) is 23.7 Å². The van der Waals surface area contributed by atoms with Gasteiger partial charge in [-0.25, -0.2) is 4.39 Å². The van der Waals surface area contributed by atoms with Gasteiger partial charge in [0.2, 0.25) is 11.1 Å². The number of rotatable bonds is 6. The lowest BCUT2D eigenvalue weighted by Crippen LogP contribution is -2.30. The lowest BCUT2D eigenvalue weighted by atomic mass is 10.1. The van der Waals surface area contributed by atoms with Gasteiger partial charge in [0.25, 0.3) is 0 Å². The summed E-state index contributed by atoms with van der Waals surface area (Å²) in [7, 11) is 0. The fraction of sp³-hybridized carbons (Fsp3) is 0.263. The van der Waals surface area contributed by atoms with Gasteiger partial charge in [0, 0.05) is 6.54 Å². The van der Waals surface area contributed by atoms with Crippen LogP contribution >= 0.6 is 11.8 Å². The molecular weight excluding hydrogens is 365 g/mol. The van der Waals surface area contributed by atoms with Crippen LogP contribution in [0.4, 0.5) is 4.39 Å². The standard InChI is InChI=1S/C19H20FN5OS/c1-12-4-9-17(13(2)10-12)25-19(22-23-24-25)27-14(3)18(26)21-11-15-5-7-16(20)8-6-15/h4-10,14H,11H2,1-3H3,(H,21,26)/t14-/m1/s1. The average molecular weight is 385 g/mol. The molecule has 1 amide bonds. The first-order valence-electron chi connectivity index (χ1n) is 8.49. The summed E-state index contributed by atoms with van der Waals surface area (Å²) in [6, 6.07) is 12.1. The zero-order chi connectivity index (χ0) is 19.4. The Hall–Kier alpha value is -2.74. The van der Waals surface area contributed by atoms with Crippen LogP contribution in [-0.2, 0) is 11.3 Å². The third-order valence-corrected chi connectivity index (χ3v) is 5.09. The summed E-state index contributed by atoms with van der Waals surface area (Å²) in [4.78, 5) is 12.4. The van der Waals surface area contributed by atoms with Crippen LogP contribution < -0.4 is 5.32 Å². The van der Waals surface area contributed by atoms with Crippen molar-refractivity contribution in [3.05, 3.63) is 65.0 Å². The quantitative estimate of drug-likeness (QED) is 0.660. The molecule has 0 radical (unpaired) electrons. The first-order valence-corrected chi connectivity index (χ1v) is 9.37. The second-order valence-corrected chi connectivity index (χ2v) is 7.58. The highest BCUT2D eigenvalue weighted by Gasteiger charge is 2.19. The van der Waals surface area contributed by atoms with E-state index in [1.165, 1.54) is 23.9 Å². The van der Waals surface area contributed by atoms with Crippen LogP contribution in [0.3, 0.4) is 0 Å². The van der Waals surface area contributed by atoms with Crippen molar-refractivity contribution in [2.75, 3.05) is 0 Å². The molecule has 0 saturated carbocycles. The minimum Gasteiger partial charge on any atom is -0.351 e. The largest absolute Gasteiger partial charge is 0.351 e. The summed E-state index contributed by atoms with van der Waals surface area (Å²) in [5, 5.41) is 14.9. The normalized spacial score (nSPS) is 12.0. The number of carbonyl (C=O) groups excluding carboxylic acids is 1. The molecule has 2 aromatic carbocycles. The van der Waals surface area contributed by atoms with Crippen molar-refractivity contribution in [1.82, 2.24) is 25.5 Å². The van der Waals surface area contributed by atoms with Gasteiger partial charge < -0.3 is 5.32 Å². The molecular formula is C19H20FN5OS. The van der Waals surface area contributed by atoms with Crippen LogP contribution in [0.1, 0.15) is 23.6 Å². The maximum Gasteiger partial charge on any atom is 0.233 e. The lowest BCUT2D eigenvalue weighted by Gasteiger charge is -2.13. The van der Waals surface area contributed by atoms with Crippen LogP contribution in [0.15, 0.2) is 47.6 Å². The highest BCUT2D eigenvalue weighted by Crippen LogP contribution is 2.24. The molecule has 0 unspecified atom stereocenters. The van der Waals surface area contributed by atoms with Gasteiger partial charge in [-0.2, -0.15) is 4.68 Å². The molecule has 6 nitrogen and oxygen atoms in total. The fourth-order valence-electron chi connectivity index (χ4n) is 2.59. The molecule has 0 aliphatic carbocycles. The molecule has 0 spiro atoms. The fourth-order valence-corrected chi connectivity index (χ4v) is 3.42. The Morgan fingerprint density at radius 2 is 1.96 bits per heavy atom. The molecule has 27 heavy (non-hydrogen) atoms. The summed E-state index contributed by atoms with van der Waals surface area (Å²) in [5.74, 6) is -0.438. The highest BCUT2D eigenvalue weighted by atomic mass is 32.2. The number of carbonyl (C=O) groups is 1. The van der Waals surface area contributed by atoms with E-state index in [-0.39, 0.29) is 17.0 Å². The summed E-state index contributed by atoms with van der Waals surface area (Å²) >= 11 is 1.29. The summed E-state index contributed by atoms with van der Waals surface area (Å²) in [5.41, 5.74) is 3.93. The zero-order valence-corrected chi connectivity index (χ0v) is 16.1. The molecule has 8 heteroatoms. The van der Waals surface area contributed by atoms with E-state index in [0.29, 0.717) is 11.7 Å². The van der Waals surface area contributed by atoms with E-state index in [4.69, 9.17) is 0 Å². The number of nitrogens with zero attached hydrogens (tertiary/aromatic N) is 4. The Morgan fingerprint density at radius 3 is 2.67 bits per heavy atom. The molecule has 3 aromatic rings. The SMILES string of the molecule is Cc1ccc(-n2nnnc2S[C@H](C)C(=O)NCc2ccc(F)cc2)c(C)c1. The molecule has 140 valence electrons. The van der Waals surface area contributed by atoms with E-state index in [1.807, 2.05) is 26.0 Å². The summed E-state index contributed by atoms with van der Waals surface area (Å²) in [6.07, 6.45) is 0. The average Bonchev–Trinajstić information content (AvgIpc) is 3.08. The third kappa shape index (κ3) is 4.71. The van der Waals surface area contributed by atoms with Gasteiger partial charge in [-0.1, -0.05) is 41.6 Å². The molecule has 0 aliphatic rings. The van der Waals surface area contributed by atoms with Crippen molar-refractivity contribution < 1.29 is 9.18 Å². The van der Waals surface area contributed by atoms with Gasteiger partial charge in [0.1, 0.15) is 5.82 Å². The number of thioether (sulfide) groups is 1. The van der Waals surface area contributed by atoms with Crippen molar-refractivity contribution in [3.63, 3.8) is 0 Å². The molecule has 0 bridgehead atoms. The summed E-state index contributed by atoms with van der Waals surface area (Å²) < 4.78 is 14.6. The van der Waals surface area contributed by atoms with E-state index in [0.717, 1.165) is 22.4 Å². The van der Waals surface area contributed by atoms with Crippen molar-refractivity contribution in [1.29, 1.82) is 0 Å². The number of aryl methyl sites for hydroxylation is 2. The maximum atomic E-state index is 12.9. The van der Waals surface area contributed by atoms with Gasteiger partial charge in [-0.15, -0.1) is 5.10 Å². The number of aromatic nitrogens is 4. The Labute approximate surface area is 161 Å². The van der Waals surface area contributed by atoms with E-state index in [2.05, 4.69) is 26.9 Å². The number of nitrogens with one attached hydrogen (secondary N) is 1. The Kier molecular flexibility index (Phi) is 5.85. The number of benzene rings is 2. The zero-order valence-electron chi connectivity index (χ0n) is 15.3. The number of hydrogen-bond donors (Lipinski definition) is 1. The second-order valence-electron chi connectivity index (χ2n) is 6.27. The summed E-state index contributed by atoms with van der Waals surface area (Å²) in [6.45, 7) is 6.16. The maximum absolute atomic E-state index is 12.9. The predicted molar refractivity (Wildman–Crippen MR) is 102 cm³/mol. The van der Waals surface area contributed by atoms with E-state index in [9.17, 15) is 9.18 Å². The van der Waals surface area contributed by atoms with Gasteiger partial charge in [-0.3, -0.25) is 4.79 Å². The minimum atomic E-state index is -0.388. The monoisotopic (exact) mass is 385 g/mol. The molecule has 1 N–H and O–H groups in total.